The Morgan fingerprint density at radius 3 is 3.13 bits per heavy atom. The van der Waals surface area contributed by atoms with E-state index >= 15 is 0 Å². The Kier molecular flexibility index (Phi) is 3.13. The highest BCUT2D eigenvalue weighted by atomic mass is 32.1. The molecule has 0 fully saturated rings. The maximum Gasteiger partial charge on any atom is 0.0994 e. The van der Waals surface area contributed by atoms with Gasteiger partial charge in [0, 0.05) is 4.88 Å². The third-order valence-corrected chi connectivity index (χ3v) is 3.14. The van der Waals surface area contributed by atoms with Crippen molar-refractivity contribution < 1.29 is 0 Å². The van der Waals surface area contributed by atoms with Crippen molar-refractivity contribution in [1.82, 2.24) is 15.0 Å². The molecular formula is C10H14N4S. The second-order valence-corrected chi connectivity index (χ2v) is 4.47. The van der Waals surface area contributed by atoms with Crippen molar-refractivity contribution in [2.45, 2.75) is 25.9 Å². The first-order valence-corrected chi connectivity index (χ1v) is 5.85. The molecular weight excluding hydrogens is 208 g/mol. The third kappa shape index (κ3) is 2.43. The van der Waals surface area contributed by atoms with Crippen LogP contribution in [0.2, 0.25) is 0 Å². The van der Waals surface area contributed by atoms with Crippen molar-refractivity contribution in [3.8, 4) is 0 Å². The van der Waals surface area contributed by atoms with Gasteiger partial charge in [0.2, 0.25) is 0 Å². The first kappa shape index (κ1) is 10.3. The van der Waals surface area contributed by atoms with E-state index in [1.165, 1.54) is 4.88 Å². The van der Waals surface area contributed by atoms with Gasteiger partial charge in [-0.1, -0.05) is 18.2 Å². The Morgan fingerprint density at radius 2 is 2.47 bits per heavy atom. The minimum Gasteiger partial charge on any atom is -0.323 e. The second-order valence-electron chi connectivity index (χ2n) is 3.44. The highest BCUT2D eigenvalue weighted by molar-refractivity contribution is 7.09. The molecule has 0 aliphatic rings. The first-order valence-electron chi connectivity index (χ1n) is 4.97. The lowest BCUT2D eigenvalue weighted by molar-refractivity contribution is 0.649. The quantitative estimate of drug-likeness (QED) is 0.858. The molecule has 80 valence electrons. The number of rotatable bonds is 4. The average Bonchev–Trinajstić information content (AvgIpc) is 2.88. The summed E-state index contributed by atoms with van der Waals surface area (Å²) < 4.78 is 1.83. The van der Waals surface area contributed by atoms with Gasteiger partial charge in [-0.05, 0) is 17.9 Å². The van der Waals surface area contributed by atoms with E-state index in [4.69, 9.17) is 5.73 Å². The van der Waals surface area contributed by atoms with Crippen molar-refractivity contribution in [2.75, 3.05) is 0 Å². The summed E-state index contributed by atoms with van der Waals surface area (Å²) in [6, 6.07) is 4.13. The van der Waals surface area contributed by atoms with Gasteiger partial charge in [0.15, 0.2) is 0 Å². The van der Waals surface area contributed by atoms with Crippen LogP contribution in [0.15, 0.2) is 23.7 Å². The van der Waals surface area contributed by atoms with Crippen LogP contribution >= 0.6 is 11.3 Å². The van der Waals surface area contributed by atoms with Crippen LogP contribution in [-0.4, -0.2) is 15.0 Å². The molecule has 2 N–H and O–H groups in total. The van der Waals surface area contributed by atoms with Gasteiger partial charge in [-0.3, -0.25) is 0 Å². The smallest absolute Gasteiger partial charge is 0.0994 e. The van der Waals surface area contributed by atoms with Crippen LogP contribution in [-0.2, 0) is 6.54 Å². The molecule has 0 saturated heterocycles. The molecule has 0 aliphatic carbocycles. The van der Waals surface area contributed by atoms with Crippen molar-refractivity contribution in [2.24, 2.45) is 5.73 Å². The van der Waals surface area contributed by atoms with Crippen LogP contribution in [0, 0.1) is 0 Å². The van der Waals surface area contributed by atoms with E-state index in [9.17, 15) is 0 Å². The number of nitrogens with two attached hydrogens (primary N) is 1. The van der Waals surface area contributed by atoms with Gasteiger partial charge in [-0.2, -0.15) is 0 Å². The number of hydrogen-bond acceptors (Lipinski definition) is 4. The van der Waals surface area contributed by atoms with E-state index in [0.29, 0.717) is 0 Å². The molecule has 5 heteroatoms. The zero-order valence-corrected chi connectivity index (χ0v) is 9.44. The molecule has 0 saturated carbocycles. The van der Waals surface area contributed by atoms with Crippen LogP contribution in [0.3, 0.4) is 0 Å². The molecule has 1 unspecified atom stereocenters. The SMILES string of the molecule is CCC(N)c1cn(Cc2cccs2)nn1. The molecule has 2 heterocycles. The molecule has 0 aliphatic heterocycles. The largest absolute Gasteiger partial charge is 0.323 e. The second kappa shape index (κ2) is 4.55. The Labute approximate surface area is 92.7 Å². The van der Waals surface area contributed by atoms with E-state index in [0.717, 1.165) is 18.7 Å². The van der Waals surface area contributed by atoms with Crippen LogP contribution in [0.25, 0.3) is 0 Å². The maximum absolute atomic E-state index is 5.87. The Balaban J connectivity index is 2.07. The standard InChI is InChI=1S/C10H14N4S/c1-2-9(11)10-7-14(13-12-10)6-8-4-3-5-15-8/h3-5,7,9H,2,6,11H2,1H3. The van der Waals surface area contributed by atoms with Crippen molar-refractivity contribution in [3.63, 3.8) is 0 Å². The number of hydrogen-bond donors (Lipinski definition) is 1. The van der Waals surface area contributed by atoms with Crippen LogP contribution < -0.4 is 5.73 Å². The fourth-order valence-corrected chi connectivity index (χ4v) is 2.03. The molecule has 0 spiro atoms. The monoisotopic (exact) mass is 222 g/mol. The van der Waals surface area contributed by atoms with Crippen LogP contribution in [0.4, 0.5) is 0 Å². The van der Waals surface area contributed by atoms with Gasteiger partial charge in [0.25, 0.3) is 0 Å². The van der Waals surface area contributed by atoms with E-state index in [1.807, 2.05) is 23.9 Å². The molecule has 4 nitrogen and oxygen atoms in total. The Morgan fingerprint density at radius 1 is 1.60 bits per heavy atom. The van der Waals surface area contributed by atoms with Crippen molar-refractivity contribution in [3.05, 3.63) is 34.3 Å². The number of aromatic nitrogens is 3. The maximum atomic E-state index is 5.87. The zero-order chi connectivity index (χ0) is 10.7. The van der Waals surface area contributed by atoms with Gasteiger partial charge < -0.3 is 5.73 Å². The summed E-state index contributed by atoms with van der Waals surface area (Å²) in [5, 5.41) is 10.2. The zero-order valence-electron chi connectivity index (χ0n) is 8.63. The highest BCUT2D eigenvalue weighted by Crippen LogP contribution is 2.12. The van der Waals surface area contributed by atoms with Crippen LogP contribution in [0.1, 0.15) is 30.0 Å². The van der Waals surface area contributed by atoms with E-state index in [-0.39, 0.29) is 6.04 Å². The lowest BCUT2D eigenvalue weighted by Crippen LogP contribution is -2.08. The van der Waals surface area contributed by atoms with Gasteiger partial charge >= 0.3 is 0 Å². The third-order valence-electron chi connectivity index (χ3n) is 2.27. The lowest BCUT2D eigenvalue weighted by Gasteiger charge is -2.01. The normalized spacial score (nSPS) is 12.9. The highest BCUT2D eigenvalue weighted by Gasteiger charge is 2.08. The summed E-state index contributed by atoms with van der Waals surface area (Å²) in [7, 11) is 0. The fraction of sp³-hybridized carbons (Fsp3) is 0.400. The van der Waals surface area contributed by atoms with Gasteiger partial charge in [0.1, 0.15) is 0 Å². The molecule has 0 radical (unpaired) electrons. The minimum absolute atomic E-state index is 0.00193. The molecule has 2 rings (SSSR count). The summed E-state index contributed by atoms with van der Waals surface area (Å²) in [6.45, 7) is 2.82. The van der Waals surface area contributed by atoms with Crippen molar-refractivity contribution in [1.29, 1.82) is 0 Å². The van der Waals surface area contributed by atoms with E-state index < -0.39 is 0 Å². The van der Waals surface area contributed by atoms with Gasteiger partial charge in [-0.15, -0.1) is 16.4 Å². The molecule has 2 aromatic heterocycles. The molecule has 1 atom stereocenters. The van der Waals surface area contributed by atoms with Gasteiger partial charge in [-0.25, -0.2) is 4.68 Å². The predicted molar refractivity (Wildman–Crippen MR) is 60.7 cm³/mol. The molecule has 2 aromatic rings. The van der Waals surface area contributed by atoms with Gasteiger partial charge in [0.05, 0.1) is 24.5 Å². The van der Waals surface area contributed by atoms with Crippen molar-refractivity contribution >= 4 is 11.3 Å². The fourth-order valence-electron chi connectivity index (χ4n) is 1.33. The summed E-state index contributed by atoms with van der Waals surface area (Å²) >= 11 is 1.72. The molecule has 15 heavy (non-hydrogen) atoms. The summed E-state index contributed by atoms with van der Waals surface area (Å²) in [5.74, 6) is 0. The first-order chi connectivity index (χ1) is 7.29. The summed E-state index contributed by atoms with van der Waals surface area (Å²) in [4.78, 5) is 1.27. The summed E-state index contributed by atoms with van der Waals surface area (Å²) in [5.41, 5.74) is 6.74. The molecule has 0 aromatic carbocycles. The van der Waals surface area contributed by atoms with E-state index in [2.05, 4.69) is 21.8 Å². The Hall–Kier alpha value is -1.20. The predicted octanol–water partition coefficient (Wildman–Crippen LogP) is 1.80. The average molecular weight is 222 g/mol. The van der Waals surface area contributed by atoms with E-state index in [1.54, 1.807) is 11.3 Å². The number of thiophene rings is 1. The lowest BCUT2D eigenvalue weighted by atomic mass is 10.2. The molecule has 0 amide bonds. The summed E-state index contributed by atoms with van der Waals surface area (Å²) in [6.07, 6.45) is 2.81. The minimum atomic E-state index is 0.00193. The van der Waals surface area contributed by atoms with Crippen LogP contribution in [0.5, 0.6) is 0 Å². The topological polar surface area (TPSA) is 56.7 Å². The Bertz CT molecular complexity index is 407. The number of nitrogens with zero attached hydrogens (tertiary/aromatic N) is 3. The molecule has 0 bridgehead atoms.